The number of hydrogen-bond acceptors (Lipinski definition) is 6. The van der Waals surface area contributed by atoms with Crippen molar-refractivity contribution in [2.45, 2.75) is 11.8 Å². The van der Waals surface area contributed by atoms with Crippen LogP contribution in [0.15, 0.2) is 71.1 Å². The highest BCUT2D eigenvalue weighted by Gasteiger charge is 2.22. The Morgan fingerprint density at radius 1 is 1.12 bits per heavy atom. The van der Waals surface area contributed by atoms with Gasteiger partial charge in [-0.15, -0.1) is 0 Å². The van der Waals surface area contributed by atoms with Gasteiger partial charge in [0.05, 0.1) is 12.1 Å². The second kappa shape index (κ2) is 10.9. The maximum absolute atomic E-state index is 12.7. The van der Waals surface area contributed by atoms with Crippen LogP contribution in [0.4, 0.5) is 5.69 Å². The van der Waals surface area contributed by atoms with Gasteiger partial charge >= 0.3 is 10.1 Å². The molecule has 0 fully saturated rings. The molecule has 0 aliphatic heterocycles. The Kier molecular flexibility index (Phi) is 8.19. The second-order valence-corrected chi connectivity index (χ2v) is 10.2. The predicted molar refractivity (Wildman–Crippen MR) is 138 cm³/mol. The molecule has 3 aromatic carbocycles. The number of carbonyl (C=O) groups excluding carboxylic acids is 1. The monoisotopic (exact) mass is 608 g/mol. The molecule has 0 atom stereocenters. The molecule has 3 rings (SSSR count). The first-order valence-corrected chi connectivity index (χ1v) is 12.6. The molecule has 0 aliphatic rings. The van der Waals surface area contributed by atoms with Crippen LogP contribution in [0.25, 0.3) is 6.08 Å². The number of rotatable bonds is 7. The van der Waals surface area contributed by atoms with E-state index in [0.717, 1.165) is 9.13 Å². The van der Waals surface area contributed by atoms with Crippen molar-refractivity contribution in [2.75, 3.05) is 12.4 Å². The molecule has 174 valence electrons. The zero-order valence-corrected chi connectivity index (χ0v) is 21.7. The van der Waals surface area contributed by atoms with Crippen molar-refractivity contribution in [1.82, 2.24) is 0 Å². The van der Waals surface area contributed by atoms with Gasteiger partial charge in [-0.3, -0.25) is 4.79 Å². The Morgan fingerprint density at radius 2 is 1.76 bits per heavy atom. The second-order valence-electron chi connectivity index (χ2n) is 7.02. The summed E-state index contributed by atoms with van der Waals surface area (Å²) in [5, 5.41) is 12.1. The lowest BCUT2D eigenvalue weighted by atomic mass is 10.1. The van der Waals surface area contributed by atoms with Gasteiger partial charge in [-0.05, 0) is 89.7 Å². The number of nitrogens with one attached hydrogen (secondary N) is 1. The molecule has 0 unspecified atom stereocenters. The molecule has 0 saturated carbocycles. The van der Waals surface area contributed by atoms with Gasteiger partial charge in [0.25, 0.3) is 5.91 Å². The lowest BCUT2D eigenvalue weighted by Crippen LogP contribution is -2.13. The van der Waals surface area contributed by atoms with Crippen molar-refractivity contribution in [3.05, 3.63) is 86.0 Å². The van der Waals surface area contributed by atoms with E-state index in [-0.39, 0.29) is 27.0 Å². The lowest BCUT2D eigenvalue weighted by molar-refractivity contribution is -0.112. The number of aryl methyl sites for hydroxylation is 1. The molecule has 34 heavy (non-hydrogen) atoms. The van der Waals surface area contributed by atoms with Crippen molar-refractivity contribution < 1.29 is 22.1 Å². The Morgan fingerprint density at radius 3 is 2.35 bits per heavy atom. The smallest absolute Gasteiger partial charge is 0.339 e. The van der Waals surface area contributed by atoms with Gasteiger partial charge in [0, 0.05) is 9.26 Å². The number of ether oxygens (including phenoxy) is 1. The SMILES string of the molecule is COc1cc(/C=C(\C#N)C(=O)Nc2ccc(I)cc2)cc(Cl)c1OS(=O)(=O)c1ccc(C)cc1. The number of carbonyl (C=O) groups is 1. The van der Waals surface area contributed by atoms with Crippen molar-refractivity contribution >= 4 is 62.0 Å². The van der Waals surface area contributed by atoms with Gasteiger partial charge in [0.1, 0.15) is 16.5 Å². The number of hydrogen-bond donors (Lipinski definition) is 1. The molecule has 1 N–H and O–H groups in total. The van der Waals surface area contributed by atoms with E-state index >= 15 is 0 Å². The van der Waals surface area contributed by atoms with Crippen molar-refractivity contribution in [3.63, 3.8) is 0 Å². The quantitative estimate of drug-likeness (QED) is 0.163. The minimum Gasteiger partial charge on any atom is -0.493 e. The van der Waals surface area contributed by atoms with Crippen molar-refractivity contribution in [3.8, 4) is 17.6 Å². The third kappa shape index (κ3) is 6.28. The van der Waals surface area contributed by atoms with Crippen LogP contribution in [0.2, 0.25) is 5.02 Å². The van der Waals surface area contributed by atoms with Gasteiger partial charge in [-0.1, -0.05) is 29.3 Å². The van der Waals surface area contributed by atoms with Gasteiger partial charge < -0.3 is 14.2 Å². The Balaban J connectivity index is 1.90. The van der Waals surface area contributed by atoms with Crippen LogP contribution in [-0.4, -0.2) is 21.4 Å². The van der Waals surface area contributed by atoms with E-state index in [1.54, 1.807) is 24.3 Å². The Hall–Kier alpha value is -3.07. The van der Waals surface area contributed by atoms with E-state index in [1.165, 1.54) is 37.5 Å². The third-order valence-electron chi connectivity index (χ3n) is 4.53. The standard InChI is InChI=1S/C24H18ClIN2O5S/c1-15-3-9-20(10-4-15)34(30,31)33-23-21(25)12-16(13-22(23)32-2)11-17(14-27)24(29)28-19-7-5-18(26)6-8-19/h3-13H,1-2H3,(H,28,29)/b17-11+. The molecule has 1 amide bonds. The summed E-state index contributed by atoms with van der Waals surface area (Å²) in [6, 6.07) is 17.9. The Labute approximate surface area is 216 Å². The number of halogens is 2. The minimum absolute atomic E-state index is 0.0183. The summed E-state index contributed by atoms with van der Waals surface area (Å²) in [6.07, 6.45) is 1.31. The summed E-state index contributed by atoms with van der Waals surface area (Å²) >= 11 is 8.44. The van der Waals surface area contributed by atoms with E-state index in [2.05, 4.69) is 27.9 Å². The summed E-state index contributed by atoms with van der Waals surface area (Å²) < 4.78 is 36.9. The fraction of sp³-hybridized carbons (Fsp3) is 0.0833. The normalized spacial score (nSPS) is 11.4. The highest BCUT2D eigenvalue weighted by atomic mass is 127. The number of benzene rings is 3. The summed E-state index contributed by atoms with van der Waals surface area (Å²) in [7, 11) is -2.86. The number of nitriles is 1. The molecule has 7 nitrogen and oxygen atoms in total. The van der Waals surface area contributed by atoms with Gasteiger partial charge in [0.15, 0.2) is 5.75 Å². The summed E-state index contributed by atoms with van der Waals surface area (Å²) in [5.74, 6) is -0.797. The van der Waals surface area contributed by atoms with Gasteiger partial charge in [-0.25, -0.2) is 0 Å². The topological polar surface area (TPSA) is 105 Å². The van der Waals surface area contributed by atoms with Crippen molar-refractivity contribution in [2.24, 2.45) is 0 Å². The Bertz CT molecular complexity index is 1400. The number of methoxy groups -OCH3 is 1. The number of anilines is 1. The molecule has 0 aromatic heterocycles. The zero-order chi connectivity index (χ0) is 24.9. The molecule has 0 heterocycles. The number of amides is 1. The molecule has 0 bridgehead atoms. The first kappa shape index (κ1) is 25.6. The van der Waals surface area contributed by atoms with Crippen LogP contribution in [0.3, 0.4) is 0 Å². The van der Waals surface area contributed by atoms with E-state index in [4.69, 9.17) is 20.5 Å². The van der Waals surface area contributed by atoms with Crippen LogP contribution in [0, 0.1) is 21.8 Å². The highest BCUT2D eigenvalue weighted by molar-refractivity contribution is 14.1. The van der Waals surface area contributed by atoms with E-state index in [0.29, 0.717) is 11.3 Å². The van der Waals surface area contributed by atoms with Crippen LogP contribution in [-0.2, 0) is 14.9 Å². The van der Waals surface area contributed by atoms with Crippen LogP contribution in [0.1, 0.15) is 11.1 Å². The predicted octanol–water partition coefficient (Wildman–Crippen LogP) is 5.58. The zero-order valence-electron chi connectivity index (χ0n) is 18.0. The maximum atomic E-state index is 12.7. The molecular formula is C24H18ClIN2O5S. The fourth-order valence-corrected chi connectivity index (χ4v) is 4.43. The molecule has 3 aromatic rings. The van der Waals surface area contributed by atoms with Gasteiger partial charge in [0.2, 0.25) is 5.75 Å². The largest absolute Gasteiger partial charge is 0.493 e. The molecule has 0 radical (unpaired) electrons. The van der Waals surface area contributed by atoms with Crippen LogP contribution in [0.5, 0.6) is 11.5 Å². The molecule has 0 spiro atoms. The molecular weight excluding hydrogens is 591 g/mol. The van der Waals surface area contributed by atoms with Crippen molar-refractivity contribution in [1.29, 1.82) is 5.26 Å². The fourth-order valence-electron chi connectivity index (χ4n) is 2.81. The highest BCUT2D eigenvalue weighted by Crippen LogP contribution is 2.39. The molecule has 0 aliphatic carbocycles. The summed E-state index contributed by atoms with van der Waals surface area (Å²) in [4.78, 5) is 12.5. The minimum atomic E-state index is -4.17. The summed E-state index contributed by atoms with van der Waals surface area (Å²) in [5.41, 5.74) is 1.59. The first-order chi connectivity index (χ1) is 16.1. The van der Waals surface area contributed by atoms with E-state index < -0.39 is 16.0 Å². The maximum Gasteiger partial charge on any atom is 0.339 e. The molecule has 10 heteroatoms. The average molecular weight is 609 g/mol. The van der Waals surface area contributed by atoms with Crippen LogP contribution >= 0.6 is 34.2 Å². The van der Waals surface area contributed by atoms with Gasteiger partial charge in [-0.2, -0.15) is 13.7 Å². The lowest BCUT2D eigenvalue weighted by Gasteiger charge is -2.13. The average Bonchev–Trinajstić information content (AvgIpc) is 2.80. The first-order valence-electron chi connectivity index (χ1n) is 9.70. The summed E-state index contributed by atoms with van der Waals surface area (Å²) in [6.45, 7) is 1.83. The van der Waals surface area contributed by atoms with E-state index in [1.807, 2.05) is 25.1 Å². The van der Waals surface area contributed by atoms with E-state index in [9.17, 15) is 18.5 Å². The number of nitrogens with zero attached hydrogens (tertiary/aromatic N) is 1. The third-order valence-corrected chi connectivity index (χ3v) is 6.77. The van der Waals surface area contributed by atoms with Crippen LogP contribution < -0.4 is 14.2 Å². The molecule has 0 saturated heterocycles.